The van der Waals surface area contributed by atoms with Crippen molar-refractivity contribution in [2.75, 3.05) is 0 Å². The Bertz CT molecular complexity index is 640. The Labute approximate surface area is 157 Å². The number of nitrogens with one attached hydrogen (secondary N) is 1. The van der Waals surface area contributed by atoms with E-state index in [0.29, 0.717) is 5.56 Å². The van der Waals surface area contributed by atoms with E-state index in [4.69, 9.17) is 0 Å². The fourth-order valence-corrected chi connectivity index (χ4v) is 3.44. The summed E-state index contributed by atoms with van der Waals surface area (Å²) in [6.45, 7) is 12.0. The second kappa shape index (κ2) is 7.82. The van der Waals surface area contributed by atoms with Crippen LogP contribution in [0.15, 0.2) is 18.2 Å². The van der Waals surface area contributed by atoms with Gasteiger partial charge in [0.15, 0.2) is 0 Å². The highest BCUT2D eigenvalue weighted by Crippen LogP contribution is 2.39. The number of hydrogen-bond acceptors (Lipinski definition) is 3. The molecule has 0 saturated heterocycles. The Morgan fingerprint density at radius 3 is 2.00 bits per heavy atom. The average molecular weight is 390 g/mol. The monoisotopic (exact) mass is 389 g/mol. The third kappa shape index (κ3) is 5.41. The van der Waals surface area contributed by atoms with E-state index in [9.17, 15) is 23.2 Å². The van der Waals surface area contributed by atoms with Crippen molar-refractivity contribution in [3.8, 4) is 0 Å². The number of benzene rings is 1. The lowest BCUT2D eigenvalue weighted by atomic mass is 9.72. The third-order valence-corrected chi connectivity index (χ3v) is 6.62. The van der Waals surface area contributed by atoms with Gasteiger partial charge in [-0.1, -0.05) is 6.92 Å². The Morgan fingerprint density at radius 2 is 1.62 bits per heavy atom. The Hall–Kier alpha value is -1.18. The Kier molecular flexibility index (Phi) is 6.88. The van der Waals surface area contributed by atoms with Crippen LogP contribution in [0.1, 0.15) is 60.5 Å². The van der Waals surface area contributed by atoms with Gasteiger partial charge >= 0.3 is 5.97 Å². The molecule has 4 nitrogen and oxygen atoms in total. The fourth-order valence-electron chi connectivity index (χ4n) is 2.53. The molecule has 3 atom stereocenters. The van der Waals surface area contributed by atoms with E-state index in [-0.39, 0.29) is 12.3 Å². The van der Waals surface area contributed by atoms with Crippen molar-refractivity contribution in [3.63, 3.8) is 0 Å². The lowest BCUT2D eigenvalue weighted by Crippen LogP contribution is -2.51. The van der Waals surface area contributed by atoms with Gasteiger partial charge in [-0.3, -0.25) is 4.79 Å². The molecule has 0 spiro atoms. The second-order valence-electron chi connectivity index (χ2n) is 8.61. The first-order valence-corrected chi connectivity index (χ1v) is 9.64. The van der Waals surface area contributed by atoms with Gasteiger partial charge in [0.05, 0.1) is 11.0 Å². The molecule has 0 radical (unpaired) electrons. The van der Waals surface area contributed by atoms with Gasteiger partial charge < -0.3 is 9.66 Å². The summed E-state index contributed by atoms with van der Waals surface area (Å²) in [7, 11) is 0. The molecule has 0 amide bonds. The molecule has 7 heteroatoms. The van der Waals surface area contributed by atoms with E-state index < -0.39 is 44.7 Å². The van der Waals surface area contributed by atoms with Crippen molar-refractivity contribution in [3.05, 3.63) is 35.4 Å². The van der Waals surface area contributed by atoms with E-state index in [0.717, 1.165) is 6.07 Å². The lowest BCUT2D eigenvalue weighted by Gasteiger charge is -2.39. The van der Waals surface area contributed by atoms with Crippen LogP contribution >= 0.6 is 0 Å². The van der Waals surface area contributed by atoms with Crippen LogP contribution in [0.3, 0.4) is 0 Å². The van der Waals surface area contributed by atoms with Crippen molar-refractivity contribution in [2.45, 2.75) is 65.2 Å². The van der Waals surface area contributed by atoms with E-state index in [1.165, 1.54) is 12.1 Å². The molecule has 26 heavy (non-hydrogen) atoms. The molecule has 0 heterocycles. The molecule has 2 N–H and O–H groups in total. The molecule has 0 bridgehead atoms. The molecule has 1 aromatic carbocycles. The molecule has 0 saturated carbocycles. The van der Waals surface area contributed by atoms with Crippen LogP contribution in [0.25, 0.3) is 0 Å². The van der Waals surface area contributed by atoms with Crippen LogP contribution in [0.4, 0.5) is 8.78 Å². The fraction of sp³-hybridized carbons (Fsp3) is 0.632. The maximum Gasteiger partial charge on any atom is 0.309 e. The molecule has 1 rings (SSSR count). The highest BCUT2D eigenvalue weighted by atomic mass is 32.2. The molecular weight excluding hydrogens is 360 g/mol. The highest BCUT2D eigenvalue weighted by molar-refractivity contribution is 7.90. The first kappa shape index (κ1) is 22.9. The lowest BCUT2D eigenvalue weighted by molar-refractivity contribution is -0.150. The molecule has 0 fully saturated rings. The summed E-state index contributed by atoms with van der Waals surface area (Å²) in [6.07, 6.45) is 0.233. The van der Waals surface area contributed by atoms with Crippen LogP contribution in [0, 0.1) is 23.0 Å². The number of rotatable bonds is 7. The number of carboxylic acid groups (broad SMARTS) is 1. The maximum absolute atomic E-state index is 13.8. The molecular formula is C19H29F2NO3S. The molecule has 148 valence electrons. The van der Waals surface area contributed by atoms with Gasteiger partial charge in [-0.05, 0) is 71.6 Å². The molecule has 2 unspecified atom stereocenters. The van der Waals surface area contributed by atoms with E-state index in [2.05, 4.69) is 4.72 Å². The normalized spacial score (nSPS) is 17.5. The minimum atomic E-state index is -1.52. The van der Waals surface area contributed by atoms with Gasteiger partial charge in [0.25, 0.3) is 0 Å². The predicted octanol–water partition coefficient (Wildman–Crippen LogP) is 4.37. The predicted molar refractivity (Wildman–Crippen MR) is 99.9 cm³/mol. The van der Waals surface area contributed by atoms with Crippen molar-refractivity contribution < 1.29 is 23.2 Å². The van der Waals surface area contributed by atoms with Crippen LogP contribution in [0.2, 0.25) is 0 Å². The summed E-state index contributed by atoms with van der Waals surface area (Å²) >= 11 is -1.52. The third-order valence-electron chi connectivity index (χ3n) is 4.87. The molecule has 0 aliphatic rings. The number of aliphatic carboxylic acids is 1. The molecule has 0 aliphatic heterocycles. The second-order valence-corrected chi connectivity index (χ2v) is 10.6. The zero-order chi connectivity index (χ0) is 20.5. The van der Waals surface area contributed by atoms with Gasteiger partial charge in [-0.2, -0.15) is 0 Å². The summed E-state index contributed by atoms with van der Waals surface area (Å²) < 4.78 is 42.7. The topological polar surface area (TPSA) is 72.4 Å². The molecule has 0 aromatic heterocycles. The summed E-state index contributed by atoms with van der Waals surface area (Å²) in [5.41, 5.74) is -1.84. The van der Waals surface area contributed by atoms with E-state index >= 15 is 0 Å². The summed E-state index contributed by atoms with van der Waals surface area (Å²) in [5.74, 6) is -2.80. The van der Waals surface area contributed by atoms with E-state index in [1.54, 1.807) is 48.5 Å². The molecule has 0 aliphatic carbocycles. The van der Waals surface area contributed by atoms with Crippen LogP contribution < -0.4 is 4.72 Å². The summed E-state index contributed by atoms with van der Waals surface area (Å²) in [4.78, 5) is 11.6. The Balaban J connectivity index is 3.35. The van der Waals surface area contributed by atoms with Gasteiger partial charge in [0.2, 0.25) is 0 Å². The zero-order valence-corrected chi connectivity index (χ0v) is 17.3. The van der Waals surface area contributed by atoms with Crippen LogP contribution in [-0.2, 0) is 21.7 Å². The quantitative estimate of drug-likeness (QED) is 0.679. The minimum absolute atomic E-state index is 0.233. The van der Waals surface area contributed by atoms with Gasteiger partial charge in [0, 0.05) is 17.4 Å². The van der Waals surface area contributed by atoms with Crippen molar-refractivity contribution >= 4 is 17.3 Å². The largest absolute Gasteiger partial charge is 0.598 e. The van der Waals surface area contributed by atoms with Crippen molar-refractivity contribution in [1.82, 2.24) is 4.72 Å². The summed E-state index contributed by atoms with van der Waals surface area (Å²) in [6, 6.07) is 3.15. The van der Waals surface area contributed by atoms with Gasteiger partial charge in [-0.15, -0.1) is 4.72 Å². The number of carboxylic acids is 1. The van der Waals surface area contributed by atoms with Crippen molar-refractivity contribution in [2.24, 2.45) is 11.3 Å². The number of hydrogen-bond donors (Lipinski definition) is 2. The number of carbonyl (C=O) groups is 1. The number of halogens is 2. The first-order chi connectivity index (χ1) is 11.6. The summed E-state index contributed by atoms with van der Waals surface area (Å²) in [5, 5.41) is 9.48. The first-order valence-electron chi connectivity index (χ1n) is 8.49. The minimum Gasteiger partial charge on any atom is -0.598 e. The standard InChI is InChI=1S/C19H29F2NO3S/c1-12(18(5,6)16(23)24)11-19(7,22-26(25)17(2,3)4)13-8-14(20)10-15(21)9-13/h8-10,12,22H,11H2,1-7H3,(H,23,24)/t12?,19-,26?/m0/s1. The van der Waals surface area contributed by atoms with Crippen molar-refractivity contribution in [1.29, 1.82) is 0 Å². The Morgan fingerprint density at radius 1 is 1.15 bits per heavy atom. The SMILES string of the molecule is CC(C[C@](C)(N[S+]([O-])C(C)(C)C)c1cc(F)cc(F)c1)C(C)(C)C(=O)O. The van der Waals surface area contributed by atoms with Gasteiger partial charge in [-0.25, -0.2) is 8.78 Å². The van der Waals surface area contributed by atoms with Gasteiger partial charge in [0.1, 0.15) is 16.4 Å². The van der Waals surface area contributed by atoms with Crippen LogP contribution in [0.5, 0.6) is 0 Å². The average Bonchev–Trinajstić information content (AvgIpc) is 2.44. The molecule has 1 aromatic rings. The smallest absolute Gasteiger partial charge is 0.309 e. The van der Waals surface area contributed by atoms with Crippen LogP contribution in [-0.4, -0.2) is 20.4 Å². The van der Waals surface area contributed by atoms with E-state index in [1.807, 2.05) is 0 Å². The maximum atomic E-state index is 13.8. The zero-order valence-electron chi connectivity index (χ0n) is 16.4. The highest BCUT2D eigenvalue weighted by Gasteiger charge is 2.43.